The Hall–Kier alpha value is -1.58. The molecule has 1 saturated carbocycles. The fourth-order valence-electron chi connectivity index (χ4n) is 1.48. The largest absolute Gasteiger partial charge is 0.399 e. The molecule has 0 unspecified atom stereocenters. The van der Waals surface area contributed by atoms with Crippen LogP contribution in [0, 0.1) is 11.7 Å². The van der Waals surface area contributed by atoms with Gasteiger partial charge in [0.05, 0.1) is 0 Å². The zero-order valence-electron chi connectivity index (χ0n) is 8.29. The lowest BCUT2D eigenvalue weighted by molar-refractivity contribution is -0.116. The lowest BCUT2D eigenvalue weighted by atomic mass is 10.2. The van der Waals surface area contributed by atoms with Crippen molar-refractivity contribution in [2.24, 2.45) is 5.92 Å². The van der Waals surface area contributed by atoms with Crippen molar-refractivity contribution in [3.8, 4) is 0 Å². The number of carbonyl (C=O) groups is 1. The first-order valence-electron chi connectivity index (χ1n) is 4.99. The molecule has 3 N–H and O–H groups in total. The molecule has 1 amide bonds. The van der Waals surface area contributed by atoms with Gasteiger partial charge in [-0.15, -0.1) is 0 Å². The van der Waals surface area contributed by atoms with Gasteiger partial charge in [0.15, 0.2) is 0 Å². The van der Waals surface area contributed by atoms with E-state index in [0.717, 1.165) is 12.8 Å². The first-order chi connectivity index (χ1) is 7.13. The molecule has 4 heteroatoms. The predicted octanol–water partition coefficient (Wildman–Crippen LogP) is 2.15. The van der Waals surface area contributed by atoms with Crippen molar-refractivity contribution in [1.29, 1.82) is 0 Å². The average Bonchev–Trinajstić information content (AvgIpc) is 2.85. The van der Waals surface area contributed by atoms with Gasteiger partial charge in [-0.2, -0.15) is 0 Å². The van der Waals surface area contributed by atoms with E-state index in [1.165, 1.54) is 12.1 Å². The molecular weight excluding hydrogens is 195 g/mol. The number of hydrogen-bond donors (Lipinski definition) is 2. The van der Waals surface area contributed by atoms with Crippen LogP contribution in [-0.4, -0.2) is 5.91 Å². The van der Waals surface area contributed by atoms with Gasteiger partial charge in [0.25, 0.3) is 0 Å². The van der Waals surface area contributed by atoms with Crippen LogP contribution in [0.25, 0.3) is 0 Å². The van der Waals surface area contributed by atoms with Crippen molar-refractivity contribution in [2.45, 2.75) is 19.3 Å². The number of nitrogen functional groups attached to an aromatic ring is 1. The van der Waals surface area contributed by atoms with Crippen molar-refractivity contribution >= 4 is 17.3 Å². The minimum Gasteiger partial charge on any atom is -0.399 e. The molecule has 0 bridgehead atoms. The lowest BCUT2D eigenvalue weighted by Crippen LogP contribution is -2.12. The number of nitrogens with two attached hydrogens (primary N) is 1. The zero-order valence-corrected chi connectivity index (χ0v) is 8.29. The van der Waals surface area contributed by atoms with Gasteiger partial charge in [-0.25, -0.2) is 4.39 Å². The second kappa shape index (κ2) is 3.88. The summed E-state index contributed by atoms with van der Waals surface area (Å²) >= 11 is 0. The van der Waals surface area contributed by atoms with Crippen LogP contribution in [0.3, 0.4) is 0 Å². The van der Waals surface area contributed by atoms with Crippen LogP contribution in [0.1, 0.15) is 19.3 Å². The monoisotopic (exact) mass is 208 g/mol. The van der Waals surface area contributed by atoms with E-state index in [1.54, 1.807) is 6.07 Å². The summed E-state index contributed by atoms with van der Waals surface area (Å²) in [7, 11) is 0. The molecule has 1 aromatic carbocycles. The second-order valence-electron chi connectivity index (χ2n) is 3.97. The van der Waals surface area contributed by atoms with Crippen LogP contribution >= 0.6 is 0 Å². The maximum atomic E-state index is 12.9. The molecule has 80 valence electrons. The molecule has 0 saturated heterocycles. The highest BCUT2D eigenvalue weighted by Crippen LogP contribution is 2.32. The third-order valence-corrected chi connectivity index (χ3v) is 2.37. The second-order valence-corrected chi connectivity index (χ2v) is 3.97. The predicted molar refractivity (Wildman–Crippen MR) is 56.8 cm³/mol. The molecule has 0 aliphatic heterocycles. The molecule has 0 spiro atoms. The number of anilines is 2. The van der Waals surface area contributed by atoms with E-state index >= 15 is 0 Å². The van der Waals surface area contributed by atoms with Gasteiger partial charge >= 0.3 is 0 Å². The number of carbonyl (C=O) groups excluding carboxylic acids is 1. The molecule has 15 heavy (non-hydrogen) atoms. The van der Waals surface area contributed by atoms with Crippen molar-refractivity contribution < 1.29 is 9.18 Å². The normalized spacial score (nSPS) is 15.0. The number of benzene rings is 1. The summed E-state index contributed by atoms with van der Waals surface area (Å²) in [5.74, 6) is 0.0233. The molecule has 0 radical (unpaired) electrons. The average molecular weight is 208 g/mol. The summed E-state index contributed by atoms with van der Waals surface area (Å²) in [6.45, 7) is 0. The Balaban J connectivity index is 1.99. The Labute approximate surface area is 87.5 Å². The summed E-state index contributed by atoms with van der Waals surface area (Å²) < 4.78 is 12.9. The van der Waals surface area contributed by atoms with E-state index < -0.39 is 5.82 Å². The van der Waals surface area contributed by atoms with E-state index in [2.05, 4.69) is 5.32 Å². The van der Waals surface area contributed by atoms with Gasteiger partial charge < -0.3 is 11.1 Å². The standard InChI is InChI=1S/C11H13FN2O/c12-8-4-9(13)6-10(5-8)14-11(15)3-7-1-2-7/h4-7H,1-3,13H2,(H,14,15). The first kappa shape index (κ1) is 9.96. The zero-order chi connectivity index (χ0) is 10.8. The fourth-order valence-corrected chi connectivity index (χ4v) is 1.48. The van der Waals surface area contributed by atoms with Crippen molar-refractivity contribution in [3.05, 3.63) is 24.0 Å². The van der Waals surface area contributed by atoms with Crippen LogP contribution in [0.5, 0.6) is 0 Å². The summed E-state index contributed by atoms with van der Waals surface area (Å²) in [4.78, 5) is 11.4. The molecule has 1 aliphatic rings. The Morgan fingerprint density at radius 1 is 1.47 bits per heavy atom. The highest BCUT2D eigenvalue weighted by molar-refractivity contribution is 5.91. The summed E-state index contributed by atoms with van der Waals surface area (Å²) in [6, 6.07) is 4.03. The Morgan fingerprint density at radius 2 is 2.20 bits per heavy atom. The van der Waals surface area contributed by atoms with Crippen molar-refractivity contribution in [1.82, 2.24) is 0 Å². The smallest absolute Gasteiger partial charge is 0.224 e. The molecule has 1 aromatic rings. The number of nitrogens with one attached hydrogen (secondary N) is 1. The van der Waals surface area contributed by atoms with Crippen molar-refractivity contribution in [3.63, 3.8) is 0 Å². The molecule has 2 rings (SSSR count). The van der Waals surface area contributed by atoms with E-state index in [9.17, 15) is 9.18 Å². The highest BCUT2D eigenvalue weighted by atomic mass is 19.1. The third-order valence-electron chi connectivity index (χ3n) is 2.37. The maximum Gasteiger partial charge on any atom is 0.224 e. The SMILES string of the molecule is Nc1cc(F)cc(NC(=O)CC2CC2)c1. The Kier molecular flexibility index (Phi) is 2.58. The van der Waals surface area contributed by atoms with Crippen LogP contribution in [0.15, 0.2) is 18.2 Å². The topological polar surface area (TPSA) is 55.1 Å². The maximum absolute atomic E-state index is 12.9. The van der Waals surface area contributed by atoms with Crippen LogP contribution in [0.4, 0.5) is 15.8 Å². The van der Waals surface area contributed by atoms with Gasteiger partial charge in [-0.1, -0.05) is 0 Å². The van der Waals surface area contributed by atoms with E-state index in [4.69, 9.17) is 5.73 Å². The number of amides is 1. The quantitative estimate of drug-likeness (QED) is 0.748. The first-order valence-corrected chi connectivity index (χ1v) is 4.99. The molecule has 0 heterocycles. The summed E-state index contributed by atoms with van der Waals surface area (Å²) in [6.07, 6.45) is 2.77. The lowest BCUT2D eigenvalue weighted by Gasteiger charge is -2.05. The summed E-state index contributed by atoms with van der Waals surface area (Å²) in [5, 5.41) is 2.64. The third kappa shape index (κ3) is 2.94. The Morgan fingerprint density at radius 3 is 2.80 bits per heavy atom. The van der Waals surface area contributed by atoms with Gasteiger partial charge in [-0.3, -0.25) is 4.79 Å². The molecule has 1 aliphatic carbocycles. The van der Waals surface area contributed by atoms with Crippen LogP contribution < -0.4 is 11.1 Å². The van der Waals surface area contributed by atoms with Crippen LogP contribution in [-0.2, 0) is 4.79 Å². The fraction of sp³-hybridized carbons (Fsp3) is 0.364. The van der Waals surface area contributed by atoms with Gasteiger partial charge in [-0.05, 0) is 37.0 Å². The number of rotatable bonds is 3. The summed E-state index contributed by atoms with van der Waals surface area (Å²) in [5.41, 5.74) is 6.20. The minimum absolute atomic E-state index is 0.0671. The van der Waals surface area contributed by atoms with E-state index in [1.807, 2.05) is 0 Å². The molecular formula is C11H13FN2O. The molecule has 0 atom stereocenters. The van der Waals surface area contributed by atoms with Crippen molar-refractivity contribution in [2.75, 3.05) is 11.1 Å². The molecule has 1 fully saturated rings. The van der Waals surface area contributed by atoms with Gasteiger partial charge in [0.2, 0.25) is 5.91 Å². The van der Waals surface area contributed by atoms with Gasteiger partial charge in [0.1, 0.15) is 5.82 Å². The number of hydrogen-bond acceptors (Lipinski definition) is 2. The molecule has 0 aromatic heterocycles. The Bertz CT molecular complexity index is 368. The van der Waals surface area contributed by atoms with E-state index in [-0.39, 0.29) is 5.91 Å². The van der Waals surface area contributed by atoms with Crippen LogP contribution in [0.2, 0.25) is 0 Å². The molecule has 3 nitrogen and oxygen atoms in total. The number of halogens is 1. The van der Waals surface area contributed by atoms with Gasteiger partial charge in [0, 0.05) is 17.8 Å². The minimum atomic E-state index is -0.434. The highest BCUT2D eigenvalue weighted by Gasteiger charge is 2.24. The van der Waals surface area contributed by atoms with E-state index in [0.29, 0.717) is 23.7 Å².